The van der Waals surface area contributed by atoms with Gasteiger partial charge in [0.15, 0.2) is 0 Å². The maximum Gasteiger partial charge on any atom is 0.272 e. The van der Waals surface area contributed by atoms with Crippen molar-refractivity contribution in [2.75, 3.05) is 4.72 Å². The molecule has 2 aromatic carbocycles. The zero-order valence-corrected chi connectivity index (χ0v) is 18.0. The van der Waals surface area contributed by atoms with E-state index in [0.717, 1.165) is 0 Å². The van der Waals surface area contributed by atoms with Crippen molar-refractivity contribution >= 4 is 31.4 Å². The fourth-order valence-electron chi connectivity index (χ4n) is 3.36. The first-order chi connectivity index (χ1) is 13.4. The van der Waals surface area contributed by atoms with E-state index in [2.05, 4.69) is 4.72 Å². The molecule has 8 heteroatoms. The first-order valence-electron chi connectivity index (χ1n) is 8.97. The first-order valence-corrected chi connectivity index (χ1v) is 12.0. The van der Waals surface area contributed by atoms with Gasteiger partial charge in [-0.2, -0.15) is 8.42 Å². The van der Waals surface area contributed by atoms with Gasteiger partial charge in [0.1, 0.15) is 5.25 Å². The summed E-state index contributed by atoms with van der Waals surface area (Å²) in [5, 5.41) is -1.14. The molecule has 1 aliphatic rings. The van der Waals surface area contributed by atoms with Crippen LogP contribution in [0.2, 0.25) is 0 Å². The van der Waals surface area contributed by atoms with Gasteiger partial charge in [0.25, 0.3) is 20.1 Å². The van der Waals surface area contributed by atoms with Crippen LogP contribution in [-0.4, -0.2) is 26.6 Å². The van der Waals surface area contributed by atoms with Gasteiger partial charge in [-0.1, -0.05) is 68.5 Å². The average molecular weight is 434 g/mol. The van der Waals surface area contributed by atoms with Crippen LogP contribution in [0.5, 0.6) is 0 Å². The predicted octanol–water partition coefficient (Wildman–Crippen LogP) is 4.03. The van der Waals surface area contributed by atoms with Crippen molar-refractivity contribution in [2.45, 2.75) is 30.9 Å². The third kappa shape index (κ3) is 4.44. The summed E-state index contributed by atoms with van der Waals surface area (Å²) in [5.74, 6) is 0. The summed E-state index contributed by atoms with van der Waals surface area (Å²) in [7, 11) is -8.18. The Morgan fingerprint density at radius 3 is 2.24 bits per heavy atom. The van der Waals surface area contributed by atoms with E-state index >= 15 is 0 Å². The Labute approximate surface area is 171 Å². The van der Waals surface area contributed by atoms with Crippen LogP contribution in [0.15, 0.2) is 71.7 Å². The van der Waals surface area contributed by atoms with E-state index in [1.54, 1.807) is 75.4 Å². The smallest absolute Gasteiger partial charge is 0.272 e. The molecule has 0 aromatic heterocycles. The lowest BCUT2D eigenvalue weighted by Gasteiger charge is -2.31. The van der Waals surface area contributed by atoms with E-state index in [0.29, 0.717) is 22.4 Å². The standard InChI is InChI=1S/C21H23NO5S2/c1-15-8-4-7-11-19(15)28(23,24)22-18-10-6-5-9-17(18)16-12-13-21(2,3)20(14-16)29(25,26)27/h4-14,20,22H,1-3H3,(H,25,26,27). The Kier molecular flexibility index (Phi) is 5.46. The van der Waals surface area contributed by atoms with Crippen LogP contribution in [0, 0.1) is 12.3 Å². The van der Waals surface area contributed by atoms with Gasteiger partial charge in [-0.15, -0.1) is 0 Å². The molecule has 154 valence electrons. The molecular weight excluding hydrogens is 410 g/mol. The number of hydrogen-bond acceptors (Lipinski definition) is 4. The van der Waals surface area contributed by atoms with Gasteiger partial charge < -0.3 is 0 Å². The topological polar surface area (TPSA) is 101 Å². The summed E-state index contributed by atoms with van der Waals surface area (Å²) >= 11 is 0. The number of benzene rings is 2. The summed E-state index contributed by atoms with van der Waals surface area (Å²) in [4.78, 5) is 0.167. The third-order valence-corrected chi connectivity index (χ3v) is 7.85. The number of para-hydroxylation sites is 1. The van der Waals surface area contributed by atoms with E-state index in [1.165, 1.54) is 12.1 Å². The minimum absolute atomic E-state index is 0.167. The summed E-state index contributed by atoms with van der Waals surface area (Å²) < 4.78 is 61.8. The van der Waals surface area contributed by atoms with Crippen LogP contribution in [0.3, 0.4) is 0 Å². The fourth-order valence-corrected chi connectivity index (χ4v) is 5.86. The van der Waals surface area contributed by atoms with Crippen LogP contribution in [0.1, 0.15) is 25.0 Å². The van der Waals surface area contributed by atoms with Crippen molar-refractivity contribution < 1.29 is 21.4 Å². The van der Waals surface area contributed by atoms with Crippen molar-refractivity contribution in [2.24, 2.45) is 5.41 Å². The van der Waals surface area contributed by atoms with Gasteiger partial charge in [-0.05, 0) is 30.2 Å². The quantitative estimate of drug-likeness (QED) is 0.694. The Morgan fingerprint density at radius 2 is 1.59 bits per heavy atom. The van der Waals surface area contributed by atoms with E-state index in [1.807, 2.05) is 0 Å². The van der Waals surface area contributed by atoms with Gasteiger partial charge >= 0.3 is 0 Å². The van der Waals surface area contributed by atoms with Gasteiger partial charge in [0, 0.05) is 11.0 Å². The molecule has 0 saturated carbocycles. The molecule has 0 radical (unpaired) electrons. The molecule has 2 aromatic rings. The number of allylic oxidation sites excluding steroid dienone is 3. The summed E-state index contributed by atoms with van der Waals surface area (Å²) in [5.41, 5.74) is 1.16. The van der Waals surface area contributed by atoms with Crippen LogP contribution in [0.4, 0.5) is 5.69 Å². The molecule has 6 nitrogen and oxygen atoms in total. The van der Waals surface area contributed by atoms with Crippen molar-refractivity contribution in [3.8, 4) is 0 Å². The summed E-state index contributed by atoms with van der Waals surface area (Å²) in [6.45, 7) is 5.13. The third-order valence-electron chi connectivity index (χ3n) is 4.94. The molecule has 0 bridgehead atoms. The molecule has 0 saturated heterocycles. The second-order valence-electron chi connectivity index (χ2n) is 7.63. The maximum atomic E-state index is 12.9. The zero-order chi connectivity index (χ0) is 21.4. The van der Waals surface area contributed by atoms with Crippen LogP contribution >= 0.6 is 0 Å². The van der Waals surface area contributed by atoms with Gasteiger partial charge in [0.2, 0.25) is 0 Å². The summed E-state index contributed by atoms with van der Waals surface area (Å²) in [6.07, 6.45) is 4.90. The molecule has 0 amide bonds. The number of sulfonamides is 1. The van der Waals surface area contributed by atoms with E-state index < -0.39 is 30.8 Å². The van der Waals surface area contributed by atoms with Crippen LogP contribution in [0.25, 0.3) is 5.57 Å². The number of hydrogen-bond donors (Lipinski definition) is 2. The van der Waals surface area contributed by atoms with Crippen molar-refractivity contribution in [1.29, 1.82) is 0 Å². The second-order valence-corrected chi connectivity index (χ2v) is 10.8. The Morgan fingerprint density at radius 1 is 0.966 bits per heavy atom. The molecule has 1 atom stereocenters. The van der Waals surface area contributed by atoms with Crippen molar-refractivity contribution in [1.82, 2.24) is 0 Å². The van der Waals surface area contributed by atoms with Gasteiger partial charge in [0.05, 0.1) is 10.6 Å². The van der Waals surface area contributed by atoms with Crippen LogP contribution < -0.4 is 4.72 Å². The number of aryl methyl sites for hydroxylation is 1. The predicted molar refractivity (Wildman–Crippen MR) is 115 cm³/mol. The van der Waals surface area contributed by atoms with E-state index in [4.69, 9.17) is 0 Å². The van der Waals surface area contributed by atoms with E-state index in [-0.39, 0.29) is 4.90 Å². The Balaban J connectivity index is 2.06. The van der Waals surface area contributed by atoms with Crippen molar-refractivity contribution in [3.63, 3.8) is 0 Å². The normalized spacial score (nSPS) is 18.9. The molecule has 0 fully saturated rings. The highest BCUT2D eigenvalue weighted by atomic mass is 32.2. The monoisotopic (exact) mass is 433 g/mol. The molecule has 29 heavy (non-hydrogen) atoms. The highest BCUT2D eigenvalue weighted by Gasteiger charge is 2.37. The molecule has 0 spiro atoms. The average Bonchev–Trinajstić information content (AvgIpc) is 2.61. The lowest BCUT2D eigenvalue weighted by Crippen LogP contribution is -2.35. The van der Waals surface area contributed by atoms with E-state index in [9.17, 15) is 21.4 Å². The largest absolute Gasteiger partial charge is 0.285 e. The first kappa shape index (κ1) is 21.3. The number of rotatable bonds is 5. The lowest BCUT2D eigenvalue weighted by molar-refractivity contribution is 0.417. The highest BCUT2D eigenvalue weighted by Crippen LogP contribution is 2.38. The fraction of sp³-hybridized carbons (Fsp3) is 0.238. The maximum absolute atomic E-state index is 12.9. The Hall–Kier alpha value is -2.42. The molecule has 1 aliphatic carbocycles. The molecule has 2 N–H and O–H groups in total. The molecule has 0 aliphatic heterocycles. The minimum atomic E-state index is -4.34. The molecule has 1 unspecified atom stereocenters. The summed E-state index contributed by atoms with van der Waals surface area (Å²) in [6, 6.07) is 13.4. The molecule has 3 rings (SSSR count). The minimum Gasteiger partial charge on any atom is -0.285 e. The van der Waals surface area contributed by atoms with Crippen molar-refractivity contribution in [3.05, 3.63) is 77.9 Å². The Bertz CT molecular complexity index is 1210. The number of anilines is 1. The highest BCUT2D eigenvalue weighted by molar-refractivity contribution is 7.92. The lowest BCUT2D eigenvalue weighted by atomic mass is 9.82. The molecular formula is C21H23NO5S2. The van der Waals surface area contributed by atoms with Gasteiger partial charge in [-0.25, -0.2) is 8.42 Å². The SMILES string of the molecule is Cc1ccccc1S(=O)(=O)Nc1ccccc1C1=CC(S(=O)(=O)O)C(C)(C)C=C1. The van der Waals surface area contributed by atoms with Crippen LogP contribution in [-0.2, 0) is 20.1 Å². The number of nitrogens with one attached hydrogen (secondary N) is 1. The second kappa shape index (κ2) is 7.44. The zero-order valence-electron chi connectivity index (χ0n) is 16.3. The molecule has 0 heterocycles. The van der Waals surface area contributed by atoms with Gasteiger partial charge in [-0.3, -0.25) is 9.27 Å².